The Morgan fingerprint density at radius 3 is 2.95 bits per heavy atom. The highest BCUT2D eigenvalue weighted by atomic mass is 16.3. The molecule has 0 saturated heterocycles. The second-order valence-electron chi connectivity index (χ2n) is 5.82. The first kappa shape index (κ1) is 13.1. The molecule has 0 amide bonds. The molecule has 5 nitrogen and oxygen atoms in total. The number of fused-ring (bicyclic) bond motifs is 1. The summed E-state index contributed by atoms with van der Waals surface area (Å²) in [6, 6.07) is 3.64. The lowest BCUT2D eigenvalue weighted by atomic mass is 9.66. The molecular formula is C15H18N2O3. The molecule has 3 rings (SSSR count). The average Bonchev–Trinajstić information content (AvgIpc) is 2.96. The van der Waals surface area contributed by atoms with E-state index in [1.165, 1.54) is 6.92 Å². The van der Waals surface area contributed by atoms with Crippen molar-refractivity contribution in [3.8, 4) is 0 Å². The Kier molecular flexibility index (Phi) is 2.83. The number of furan rings is 1. The van der Waals surface area contributed by atoms with Crippen LogP contribution in [0.1, 0.15) is 42.5 Å². The number of aliphatic hydroxyl groups is 1. The Balaban J connectivity index is 2.23. The number of carbonyl (C=O) groups excluding carboxylic acids is 1. The largest absolute Gasteiger partial charge is 0.469 e. The molecule has 2 N–H and O–H groups in total. The zero-order chi connectivity index (χ0) is 14.5. The van der Waals surface area contributed by atoms with Crippen LogP contribution in [0.15, 0.2) is 22.8 Å². The van der Waals surface area contributed by atoms with Crippen LogP contribution in [0.2, 0.25) is 0 Å². The van der Waals surface area contributed by atoms with Crippen LogP contribution < -0.4 is 0 Å². The quantitative estimate of drug-likeness (QED) is 0.877. The minimum Gasteiger partial charge on any atom is -0.469 e. The van der Waals surface area contributed by atoms with Crippen LogP contribution in [-0.2, 0) is 11.2 Å². The van der Waals surface area contributed by atoms with E-state index in [2.05, 4.69) is 10.2 Å². The Hall–Kier alpha value is -1.88. The molecular weight excluding hydrogens is 256 g/mol. The van der Waals surface area contributed by atoms with Gasteiger partial charge in [0.2, 0.25) is 0 Å². The van der Waals surface area contributed by atoms with E-state index in [1.54, 1.807) is 19.3 Å². The minimum absolute atomic E-state index is 0.0392. The third-order valence-electron chi connectivity index (χ3n) is 4.20. The van der Waals surface area contributed by atoms with Gasteiger partial charge < -0.3 is 9.52 Å². The normalized spacial score (nSPS) is 29.2. The number of hydrogen-bond donors (Lipinski definition) is 2. The van der Waals surface area contributed by atoms with E-state index in [0.717, 1.165) is 17.0 Å². The second-order valence-corrected chi connectivity index (χ2v) is 5.82. The van der Waals surface area contributed by atoms with E-state index in [1.807, 2.05) is 13.0 Å². The lowest BCUT2D eigenvalue weighted by molar-refractivity contribution is -0.131. The first-order valence-corrected chi connectivity index (χ1v) is 6.72. The molecule has 0 saturated carbocycles. The van der Waals surface area contributed by atoms with Crippen molar-refractivity contribution in [1.82, 2.24) is 10.2 Å². The maximum Gasteiger partial charge on any atom is 0.136 e. The summed E-state index contributed by atoms with van der Waals surface area (Å²) in [6.45, 7) is 5.15. The van der Waals surface area contributed by atoms with Gasteiger partial charge in [0.1, 0.15) is 11.5 Å². The summed E-state index contributed by atoms with van der Waals surface area (Å²) in [6.07, 6.45) is 1.96. The van der Waals surface area contributed by atoms with Crippen LogP contribution >= 0.6 is 0 Å². The van der Waals surface area contributed by atoms with Gasteiger partial charge >= 0.3 is 0 Å². The lowest BCUT2D eigenvalue weighted by Gasteiger charge is -2.40. The van der Waals surface area contributed by atoms with Crippen molar-refractivity contribution in [2.24, 2.45) is 5.92 Å². The topological polar surface area (TPSA) is 79.1 Å². The van der Waals surface area contributed by atoms with Crippen molar-refractivity contribution < 1.29 is 14.3 Å². The van der Waals surface area contributed by atoms with Crippen molar-refractivity contribution in [2.75, 3.05) is 0 Å². The molecule has 1 aliphatic carbocycles. The van der Waals surface area contributed by atoms with Crippen molar-refractivity contribution >= 4 is 5.78 Å². The van der Waals surface area contributed by atoms with E-state index < -0.39 is 11.5 Å². The number of H-pyrrole nitrogens is 1. The Bertz CT molecular complexity index is 640. The van der Waals surface area contributed by atoms with Gasteiger partial charge in [0.15, 0.2) is 0 Å². The fraction of sp³-hybridized carbons (Fsp3) is 0.467. The predicted molar refractivity (Wildman–Crippen MR) is 72.4 cm³/mol. The number of rotatable bonds is 2. The summed E-state index contributed by atoms with van der Waals surface area (Å²) in [4.78, 5) is 12.1. The number of aryl methyl sites for hydroxylation is 1. The molecule has 3 atom stereocenters. The van der Waals surface area contributed by atoms with E-state index in [9.17, 15) is 9.90 Å². The standard InChI is InChI=1S/C15H18N2O3/c1-8-12-10(17-16-8)7-15(3,19)14(9(2)18)13(12)11-5-4-6-20-11/h4-6,13-14,19H,7H2,1-3H3,(H,16,17)/t13-,14-,15+/m0/s1. The van der Waals surface area contributed by atoms with Crippen LogP contribution in [-0.4, -0.2) is 26.7 Å². The van der Waals surface area contributed by atoms with E-state index in [0.29, 0.717) is 12.2 Å². The zero-order valence-corrected chi connectivity index (χ0v) is 11.8. The third-order valence-corrected chi connectivity index (χ3v) is 4.20. The number of aromatic nitrogens is 2. The van der Waals surface area contributed by atoms with Crippen LogP contribution in [0.5, 0.6) is 0 Å². The van der Waals surface area contributed by atoms with Crippen LogP contribution in [0, 0.1) is 12.8 Å². The summed E-state index contributed by atoms with van der Waals surface area (Å²) < 4.78 is 5.52. The zero-order valence-electron chi connectivity index (χ0n) is 11.8. The lowest BCUT2D eigenvalue weighted by Crippen LogP contribution is -2.48. The summed E-state index contributed by atoms with van der Waals surface area (Å²) in [7, 11) is 0. The molecule has 20 heavy (non-hydrogen) atoms. The smallest absolute Gasteiger partial charge is 0.136 e. The first-order valence-electron chi connectivity index (χ1n) is 6.72. The maximum atomic E-state index is 12.1. The van der Waals surface area contributed by atoms with Gasteiger partial charge in [-0.05, 0) is 32.9 Å². The summed E-state index contributed by atoms with van der Waals surface area (Å²) in [5, 5.41) is 17.9. The number of hydrogen-bond acceptors (Lipinski definition) is 4. The van der Waals surface area contributed by atoms with Gasteiger partial charge in [-0.2, -0.15) is 5.10 Å². The molecule has 106 valence electrons. The molecule has 2 aromatic rings. The molecule has 0 spiro atoms. The van der Waals surface area contributed by atoms with E-state index in [4.69, 9.17) is 4.42 Å². The van der Waals surface area contributed by atoms with Crippen LogP contribution in [0.25, 0.3) is 0 Å². The summed E-state index contributed by atoms with van der Waals surface area (Å²) in [5.41, 5.74) is 1.58. The first-order chi connectivity index (χ1) is 9.42. The molecule has 2 aromatic heterocycles. The molecule has 0 radical (unpaired) electrons. The van der Waals surface area contributed by atoms with Crippen LogP contribution in [0.3, 0.4) is 0 Å². The van der Waals surface area contributed by atoms with Crippen molar-refractivity contribution in [3.05, 3.63) is 41.1 Å². The van der Waals surface area contributed by atoms with Crippen molar-refractivity contribution in [1.29, 1.82) is 0 Å². The molecule has 5 heteroatoms. The molecule has 2 heterocycles. The fourth-order valence-corrected chi connectivity index (χ4v) is 3.46. The summed E-state index contributed by atoms with van der Waals surface area (Å²) >= 11 is 0. The van der Waals surface area contributed by atoms with Gasteiger partial charge in [0, 0.05) is 17.7 Å². The molecule has 0 fully saturated rings. The van der Waals surface area contributed by atoms with Crippen molar-refractivity contribution in [3.63, 3.8) is 0 Å². The van der Waals surface area contributed by atoms with E-state index >= 15 is 0 Å². The van der Waals surface area contributed by atoms with Gasteiger partial charge in [0.05, 0.1) is 29.4 Å². The predicted octanol–water partition coefficient (Wildman–Crippen LogP) is 1.96. The average molecular weight is 274 g/mol. The van der Waals surface area contributed by atoms with Crippen molar-refractivity contribution in [2.45, 2.75) is 38.7 Å². The highest BCUT2D eigenvalue weighted by Crippen LogP contribution is 2.46. The Labute approximate surface area is 117 Å². The molecule has 0 aliphatic heterocycles. The minimum atomic E-state index is -1.13. The van der Waals surface area contributed by atoms with Crippen LogP contribution in [0.4, 0.5) is 0 Å². The summed E-state index contributed by atoms with van der Waals surface area (Å²) in [5.74, 6) is -0.170. The van der Waals surface area contributed by atoms with Gasteiger partial charge in [-0.3, -0.25) is 9.89 Å². The van der Waals surface area contributed by atoms with Gasteiger partial charge in [0.25, 0.3) is 0 Å². The highest BCUT2D eigenvalue weighted by Gasteiger charge is 2.49. The van der Waals surface area contributed by atoms with Gasteiger partial charge in [-0.25, -0.2) is 0 Å². The monoisotopic (exact) mass is 274 g/mol. The number of aromatic amines is 1. The van der Waals surface area contributed by atoms with Gasteiger partial charge in [-0.1, -0.05) is 0 Å². The number of carbonyl (C=O) groups is 1. The number of nitrogens with zero attached hydrogens (tertiary/aromatic N) is 1. The number of ketones is 1. The fourth-order valence-electron chi connectivity index (χ4n) is 3.46. The molecule has 0 aromatic carbocycles. The van der Waals surface area contributed by atoms with E-state index in [-0.39, 0.29) is 11.7 Å². The highest BCUT2D eigenvalue weighted by molar-refractivity contribution is 5.82. The number of nitrogens with one attached hydrogen (secondary N) is 1. The second kappa shape index (κ2) is 4.31. The molecule has 1 aliphatic rings. The number of Topliss-reactive ketones (excluding diaryl/α,β-unsaturated/α-hetero) is 1. The Morgan fingerprint density at radius 2 is 2.35 bits per heavy atom. The molecule has 0 unspecified atom stereocenters. The Morgan fingerprint density at radius 1 is 1.60 bits per heavy atom. The SMILES string of the molecule is CC(=O)[C@H]1[C@@H](c2ccco2)c2c(n[nH]c2C)C[C@@]1(C)O. The van der Waals surface area contributed by atoms with Gasteiger partial charge in [-0.15, -0.1) is 0 Å². The maximum absolute atomic E-state index is 12.1. The third kappa shape index (κ3) is 1.81. The molecule has 0 bridgehead atoms.